The Morgan fingerprint density at radius 3 is 2.67 bits per heavy atom. The van der Waals surface area contributed by atoms with Gasteiger partial charge in [-0.1, -0.05) is 6.08 Å². The van der Waals surface area contributed by atoms with E-state index >= 15 is 0 Å². The molecule has 9 nitrogen and oxygen atoms in total. The van der Waals surface area contributed by atoms with E-state index in [1.54, 1.807) is 4.90 Å². The smallest absolute Gasteiger partial charge is 0.410 e. The van der Waals surface area contributed by atoms with Gasteiger partial charge in [-0.15, -0.1) is 5.10 Å². The minimum absolute atomic E-state index is 0.0618. The molecule has 4 heterocycles. The lowest BCUT2D eigenvalue weighted by Gasteiger charge is -2.33. The number of carbonyl (C=O) groups is 1. The van der Waals surface area contributed by atoms with Crippen LogP contribution in [0, 0.1) is 6.92 Å². The zero-order valence-corrected chi connectivity index (χ0v) is 18.0. The first-order chi connectivity index (χ1) is 14.2. The quantitative estimate of drug-likeness (QED) is 0.809. The van der Waals surface area contributed by atoms with Crippen molar-refractivity contribution in [2.24, 2.45) is 0 Å². The van der Waals surface area contributed by atoms with Gasteiger partial charge in [-0.25, -0.2) is 4.79 Å². The van der Waals surface area contributed by atoms with Crippen molar-refractivity contribution in [1.82, 2.24) is 24.5 Å². The maximum Gasteiger partial charge on any atom is 0.410 e. The highest BCUT2D eigenvalue weighted by atomic mass is 16.6. The number of carbonyl (C=O) groups excluding carboxylic acids is 1. The molecule has 4 rings (SSSR count). The summed E-state index contributed by atoms with van der Waals surface area (Å²) >= 11 is 0. The topological polar surface area (TPSA) is 102 Å². The van der Waals surface area contributed by atoms with E-state index in [4.69, 9.17) is 9.47 Å². The van der Waals surface area contributed by atoms with Crippen LogP contribution in [0.4, 0.5) is 4.79 Å². The lowest BCUT2D eigenvalue weighted by molar-refractivity contribution is 0.0204. The van der Waals surface area contributed by atoms with Crippen molar-refractivity contribution in [3.63, 3.8) is 0 Å². The van der Waals surface area contributed by atoms with Crippen molar-refractivity contribution in [3.8, 4) is 0 Å². The number of amides is 1. The fourth-order valence-electron chi connectivity index (χ4n) is 4.07. The second-order valence-electron chi connectivity index (χ2n) is 8.94. The van der Waals surface area contributed by atoms with Crippen LogP contribution in [0.1, 0.15) is 63.0 Å². The summed E-state index contributed by atoms with van der Waals surface area (Å²) in [5.41, 5.74) is 1.88. The zero-order chi connectivity index (χ0) is 21.5. The molecule has 30 heavy (non-hydrogen) atoms. The van der Waals surface area contributed by atoms with Crippen LogP contribution in [0.25, 0.3) is 11.4 Å². The number of likely N-dealkylation sites (tertiary alicyclic amines) is 1. The molecular formula is C21H29N5O4. The highest BCUT2D eigenvalue weighted by Gasteiger charge is 2.30. The Hall–Kier alpha value is -2.68. The number of aromatic amines is 1. The van der Waals surface area contributed by atoms with E-state index in [9.17, 15) is 9.59 Å². The van der Waals surface area contributed by atoms with Crippen molar-refractivity contribution in [3.05, 3.63) is 33.5 Å². The molecule has 0 bridgehead atoms. The number of aromatic nitrogens is 4. The van der Waals surface area contributed by atoms with Gasteiger partial charge in [0.25, 0.3) is 5.56 Å². The number of aryl methyl sites for hydroxylation is 1. The predicted octanol–water partition coefficient (Wildman–Crippen LogP) is 2.64. The molecule has 0 atom stereocenters. The number of ether oxygens (including phenoxy) is 2. The lowest BCUT2D eigenvalue weighted by Crippen LogP contribution is -2.42. The molecule has 0 saturated carbocycles. The molecule has 0 spiro atoms. The number of rotatable bonds is 2. The van der Waals surface area contributed by atoms with Gasteiger partial charge in [0.05, 0.1) is 13.2 Å². The van der Waals surface area contributed by atoms with E-state index in [0.29, 0.717) is 50.7 Å². The van der Waals surface area contributed by atoms with Crippen molar-refractivity contribution in [1.29, 1.82) is 0 Å². The summed E-state index contributed by atoms with van der Waals surface area (Å²) in [4.78, 5) is 35.0. The third-order valence-corrected chi connectivity index (χ3v) is 5.54. The van der Waals surface area contributed by atoms with Crippen LogP contribution in [-0.4, -0.2) is 62.5 Å². The van der Waals surface area contributed by atoms with Crippen LogP contribution in [0.15, 0.2) is 10.9 Å². The van der Waals surface area contributed by atoms with Gasteiger partial charge in [0.2, 0.25) is 5.78 Å². The molecule has 1 saturated heterocycles. The number of hydrogen-bond donors (Lipinski definition) is 1. The molecule has 162 valence electrons. The highest BCUT2D eigenvalue weighted by molar-refractivity contribution is 5.68. The Bertz CT molecular complexity index is 1040. The molecule has 2 aliphatic rings. The predicted molar refractivity (Wildman–Crippen MR) is 112 cm³/mol. The first-order valence-corrected chi connectivity index (χ1v) is 10.5. The van der Waals surface area contributed by atoms with Crippen molar-refractivity contribution in [2.75, 3.05) is 26.3 Å². The van der Waals surface area contributed by atoms with Crippen LogP contribution in [0.3, 0.4) is 0 Å². The maximum atomic E-state index is 13.2. The highest BCUT2D eigenvalue weighted by Crippen LogP contribution is 2.28. The van der Waals surface area contributed by atoms with Crippen molar-refractivity contribution >= 4 is 17.4 Å². The molecule has 2 aromatic heterocycles. The normalized spacial score (nSPS) is 18.5. The SMILES string of the molecule is Cc1[nH]c2nc(C3=CCOCC3)nn2c(=O)c1C1CCN(C(=O)OC(C)(C)C)CC1. The van der Waals surface area contributed by atoms with Crippen LogP contribution in [-0.2, 0) is 9.47 Å². The molecule has 1 N–H and O–H groups in total. The fraction of sp³-hybridized carbons (Fsp3) is 0.619. The summed E-state index contributed by atoms with van der Waals surface area (Å²) in [6.45, 7) is 9.78. The second kappa shape index (κ2) is 7.86. The number of hydrogen-bond acceptors (Lipinski definition) is 6. The van der Waals surface area contributed by atoms with E-state index in [-0.39, 0.29) is 17.6 Å². The van der Waals surface area contributed by atoms with E-state index < -0.39 is 5.60 Å². The number of H-pyrrole nitrogens is 1. The second-order valence-corrected chi connectivity index (χ2v) is 8.94. The molecule has 1 fully saturated rings. The Morgan fingerprint density at radius 1 is 1.30 bits per heavy atom. The number of nitrogens with one attached hydrogen (secondary N) is 1. The number of nitrogens with zero attached hydrogens (tertiary/aromatic N) is 4. The summed E-state index contributed by atoms with van der Waals surface area (Å²) in [5, 5.41) is 4.47. The maximum absolute atomic E-state index is 13.2. The molecule has 2 aliphatic heterocycles. The van der Waals surface area contributed by atoms with Gasteiger partial charge in [-0.3, -0.25) is 4.79 Å². The van der Waals surface area contributed by atoms with Gasteiger partial charge >= 0.3 is 6.09 Å². The molecule has 0 aliphatic carbocycles. The third-order valence-electron chi connectivity index (χ3n) is 5.54. The Morgan fingerprint density at radius 2 is 2.03 bits per heavy atom. The molecule has 0 unspecified atom stereocenters. The number of piperidine rings is 1. The average Bonchev–Trinajstić information content (AvgIpc) is 3.12. The molecule has 1 amide bonds. The van der Waals surface area contributed by atoms with Crippen LogP contribution >= 0.6 is 0 Å². The first-order valence-electron chi connectivity index (χ1n) is 10.5. The molecule has 0 radical (unpaired) electrons. The Kier molecular flexibility index (Phi) is 5.40. The van der Waals surface area contributed by atoms with Gasteiger partial charge in [-0.05, 0) is 58.4 Å². The third kappa shape index (κ3) is 4.12. The average molecular weight is 415 g/mol. The Balaban J connectivity index is 1.55. The van der Waals surface area contributed by atoms with Gasteiger partial charge in [0.15, 0.2) is 5.82 Å². The summed E-state index contributed by atoms with van der Waals surface area (Å²) in [7, 11) is 0. The fourth-order valence-corrected chi connectivity index (χ4v) is 4.07. The zero-order valence-electron chi connectivity index (χ0n) is 18.0. The van der Waals surface area contributed by atoms with E-state index in [1.165, 1.54) is 4.52 Å². The number of fused-ring (bicyclic) bond motifs is 1. The minimum Gasteiger partial charge on any atom is -0.444 e. The molecule has 0 aromatic carbocycles. The molecular weight excluding hydrogens is 386 g/mol. The van der Waals surface area contributed by atoms with Gasteiger partial charge in [0, 0.05) is 24.3 Å². The molecule has 2 aromatic rings. The van der Waals surface area contributed by atoms with Gasteiger partial charge in [0.1, 0.15) is 5.60 Å². The summed E-state index contributed by atoms with van der Waals surface area (Å²) in [5.74, 6) is 1.09. The van der Waals surface area contributed by atoms with Crippen LogP contribution in [0.2, 0.25) is 0 Å². The van der Waals surface area contributed by atoms with Gasteiger partial charge in [-0.2, -0.15) is 9.50 Å². The minimum atomic E-state index is -0.516. The van der Waals surface area contributed by atoms with E-state index in [1.807, 2.05) is 33.8 Å². The largest absolute Gasteiger partial charge is 0.444 e. The Labute approximate surface area is 175 Å². The lowest BCUT2D eigenvalue weighted by atomic mass is 9.89. The van der Waals surface area contributed by atoms with Gasteiger partial charge < -0.3 is 19.4 Å². The van der Waals surface area contributed by atoms with Crippen LogP contribution in [0.5, 0.6) is 0 Å². The standard InChI is InChI=1S/C21H29N5O4/c1-13-16(14-5-9-25(10-6-14)20(28)30-21(2,3)4)18(27)26-19(22-13)23-17(24-26)15-7-11-29-12-8-15/h7,14H,5-6,8-12H2,1-4H3,(H,22,23,24). The summed E-state index contributed by atoms with van der Waals surface area (Å²) < 4.78 is 12.2. The van der Waals surface area contributed by atoms with Crippen molar-refractivity contribution in [2.45, 2.75) is 58.5 Å². The van der Waals surface area contributed by atoms with E-state index in [0.717, 1.165) is 23.3 Å². The molecule has 9 heteroatoms. The monoisotopic (exact) mass is 415 g/mol. The summed E-state index contributed by atoms with van der Waals surface area (Å²) in [6.07, 6.45) is 3.81. The van der Waals surface area contributed by atoms with Crippen LogP contribution < -0.4 is 5.56 Å². The van der Waals surface area contributed by atoms with E-state index in [2.05, 4.69) is 15.1 Å². The van der Waals surface area contributed by atoms with Crippen molar-refractivity contribution < 1.29 is 14.3 Å². The first kappa shape index (κ1) is 20.6. The summed E-state index contributed by atoms with van der Waals surface area (Å²) in [6, 6.07) is 0.